The Morgan fingerprint density at radius 1 is 1.05 bits per heavy atom. The lowest BCUT2D eigenvalue weighted by Crippen LogP contribution is -1.98. The molecule has 2 aromatic rings. The van der Waals surface area contributed by atoms with Crippen molar-refractivity contribution in [1.82, 2.24) is 0 Å². The van der Waals surface area contributed by atoms with Crippen molar-refractivity contribution >= 4 is 5.69 Å². The molecule has 2 rings (SSSR count). The number of ether oxygens (including phenoxy) is 2. The van der Waals surface area contributed by atoms with E-state index in [0.717, 1.165) is 17.7 Å². The molecule has 0 saturated carbocycles. The first kappa shape index (κ1) is 14.8. The summed E-state index contributed by atoms with van der Waals surface area (Å²) in [5, 5.41) is 10.7. The molecule has 0 fully saturated rings. The number of hydrogen-bond donors (Lipinski definition) is 0. The summed E-state index contributed by atoms with van der Waals surface area (Å²) in [6, 6.07) is 13.8. The fourth-order valence-electron chi connectivity index (χ4n) is 1.78. The van der Waals surface area contributed by atoms with Crippen molar-refractivity contribution in [3.63, 3.8) is 0 Å². The molecule has 5 nitrogen and oxygen atoms in total. The van der Waals surface area contributed by atoms with E-state index in [-0.39, 0.29) is 12.3 Å². The zero-order chi connectivity index (χ0) is 15.1. The molecule has 5 heteroatoms. The summed E-state index contributed by atoms with van der Waals surface area (Å²) >= 11 is 0. The van der Waals surface area contributed by atoms with Crippen LogP contribution in [0.4, 0.5) is 5.69 Å². The van der Waals surface area contributed by atoms with E-state index in [1.807, 2.05) is 24.3 Å². The monoisotopic (exact) mass is 287 g/mol. The van der Waals surface area contributed by atoms with Gasteiger partial charge in [-0.1, -0.05) is 19.1 Å². The lowest BCUT2D eigenvalue weighted by molar-refractivity contribution is -0.384. The first-order valence-corrected chi connectivity index (χ1v) is 6.78. The summed E-state index contributed by atoms with van der Waals surface area (Å²) < 4.78 is 11.1. The number of nitro groups is 1. The maximum absolute atomic E-state index is 10.7. The van der Waals surface area contributed by atoms with Gasteiger partial charge in [0.05, 0.1) is 11.5 Å². The predicted molar refractivity (Wildman–Crippen MR) is 79.7 cm³/mol. The quantitative estimate of drug-likeness (QED) is 0.571. The molecule has 0 aliphatic heterocycles. The Bertz CT molecular complexity index is 595. The van der Waals surface area contributed by atoms with Crippen LogP contribution >= 0.6 is 0 Å². The number of non-ortho nitro benzene ring substituents is 1. The number of rotatable bonds is 7. The highest BCUT2D eigenvalue weighted by molar-refractivity contribution is 5.35. The molecule has 0 aromatic heterocycles. The molecule has 2 aromatic carbocycles. The van der Waals surface area contributed by atoms with E-state index in [1.54, 1.807) is 12.1 Å². The lowest BCUT2D eigenvalue weighted by Gasteiger charge is -2.08. The molecule has 0 saturated heterocycles. The van der Waals surface area contributed by atoms with Gasteiger partial charge >= 0.3 is 0 Å². The van der Waals surface area contributed by atoms with Crippen LogP contribution in [0.1, 0.15) is 18.9 Å². The highest BCUT2D eigenvalue weighted by atomic mass is 16.6. The van der Waals surface area contributed by atoms with Crippen LogP contribution in [-0.2, 0) is 6.61 Å². The normalized spacial score (nSPS) is 10.1. The van der Waals surface area contributed by atoms with Crippen molar-refractivity contribution in [1.29, 1.82) is 0 Å². The fourth-order valence-corrected chi connectivity index (χ4v) is 1.78. The maximum atomic E-state index is 10.7. The SMILES string of the molecule is CCCOc1ccc(OCc2cccc([N+](=O)[O-])c2)cc1. The van der Waals surface area contributed by atoms with E-state index in [9.17, 15) is 10.1 Å². The zero-order valence-corrected chi connectivity index (χ0v) is 11.8. The first-order chi connectivity index (χ1) is 10.2. The van der Waals surface area contributed by atoms with Crippen LogP contribution in [-0.4, -0.2) is 11.5 Å². The van der Waals surface area contributed by atoms with Crippen molar-refractivity contribution < 1.29 is 14.4 Å². The Balaban J connectivity index is 1.93. The third-order valence-corrected chi connectivity index (χ3v) is 2.82. The largest absolute Gasteiger partial charge is 0.494 e. The van der Waals surface area contributed by atoms with Crippen LogP contribution in [0.2, 0.25) is 0 Å². The minimum Gasteiger partial charge on any atom is -0.494 e. The molecule has 0 N–H and O–H groups in total. The fraction of sp³-hybridized carbons (Fsp3) is 0.250. The molecule has 0 aliphatic rings. The van der Waals surface area contributed by atoms with Gasteiger partial charge in [-0.2, -0.15) is 0 Å². The van der Waals surface area contributed by atoms with Gasteiger partial charge in [-0.3, -0.25) is 10.1 Å². The van der Waals surface area contributed by atoms with Gasteiger partial charge in [0, 0.05) is 12.1 Å². The van der Waals surface area contributed by atoms with Crippen LogP contribution in [0.5, 0.6) is 11.5 Å². The van der Waals surface area contributed by atoms with E-state index in [4.69, 9.17) is 9.47 Å². The summed E-state index contributed by atoms with van der Waals surface area (Å²) in [6.45, 7) is 3.03. The third kappa shape index (κ3) is 4.49. The van der Waals surface area contributed by atoms with Crippen LogP contribution in [0.15, 0.2) is 48.5 Å². The average molecular weight is 287 g/mol. The summed E-state index contributed by atoms with van der Waals surface area (Å²) in [7, 11) is 0. The number of nitro benzene ring substituents is 1. The second-order valence-electron chi connectivity index (χ2n) is 4.54. The third-order valence-electron chi connectivity index (χ3n) is 2.82. The van der Waals surface area contributed by atoms with Crippen LogP contribution < -0.4 is 9.47 Å². The van der Waals surface area contributed by atoms with Crippen molar-refractivity contribution in [3.8, 4) is 11.5 Å². The molecule has 0 spiro atoms. The van der Waals surface area contributed by atoms with Crippen molar-refractivity contribution in [2.24, 2.45) is 0 Å². The maximum Gasteiger partial charge on any atom is 0.269 e. The molecule has 0 heterocycles. The topological polar surface area (TPSA) is 61.6 Å². The highest BCUT2D eigenvalue weighted by Gasteiger charge is 2.06. The molecule has 0 aliphatic carbocycles. The molecular formula is C16H17NO4. The van der Waals surface area contributed by atoms with Crippen LogP contribution in [0.3, 0.4) is 0 Å². The second-order valence-corrected chi connectivity index (χ2v) is 4.54. The number of benzene rings is 2. The Morgan fingerprint density at radius 2 is 1.71 bits per heavy atom. The number of hydrogen-bond acceptors (Lipinski definition) is 4. The van der Waals surface area contributed by atoms with Gasteiger partial charge in [-0.15, -0.1) is 0 Å². The molecule has 0 radical (unpaired) electrons. The van der Waals surface area contributed by atoms with Crippen LogP contribution in [0, 0.1) is 10.1 Å². The van der Waals surface area contributed by atoms with Gasteiger partial charge in [-0.05, 0) is 36.2 Å². The standard InChI is InChI=1S/C16H17NO4/c1-2-10-20-15-6-8-16(9-7-15)21-12-13-4-3-5-14(11-13)17(18)19/h3-9,11H,2,10,12H2,1H3. The van der Waals surface area contributed by atoms with Gasteiger partial charge in [0.15, 0.2) is 0 Å². The van der Waals surface area contributed by atoms with E-state index in [2.05, 4.69) is 6.92 Å². The molecular weight excluding hydrogens is 270 g/mol. The van der Waals surface area contributed by atoms with Gasteiger partial charge in [0.25, 0.3) is 5.69 Å². The van der Waals surface area contributed by atoms with E-state index >= 15 is 0 Å². The van der Waals surface area contributed by atoms with Gasteiger partial charge < -0.3 is 9.47 Å². The van der Waals surface area contributed by atoms with Crippen LogP contribution in [0.25, 0.3) is 0 Å². The molecule has 0 unspecified atom stereocenters. The summed E-state index contributed by atoms with van der Waals surface area (Å²) in [5.41, 5.74) is 0.829. The first-order valence-electron chi connectivity index (χ1n) is 6.78. The van der Waals surface area contributed by atoms with E-state index < -0.39 is 4.92 Å². The van der Waals surface area contributed by atoms with Gasteiger partial charge in [-0.25, -0.2) is 0 Å². The Labute approximate surface area is 123 Å². The summed E-state index contributed by atoms with van der Waals surface area (Å²) in [4.78, 5) is 10.3. The van der Waals surface area contributed by atoms with Crippen molar-refractivity contribution in [2.45, 2.75) is 20.0 Å². The smallest absolute Gasteiger partial charge is 0.269 e. The van der Waals surface area contributed by atoms with E-state index in [1.165, 1.54) is 12.1 Å². The zero-order valence-electron chi connectivity index (χ0n) is 11.8. The van der Waals surface area contributed by atoms with E-state index in [0.29, 0.717) is 12.4 Å². The Kier molecular flexibility index (Phi) is 5.15. The summed E-state index contributed by atoms with van der Waals surface area (Å²) in [5.74, 6) is 1.50. The molecule has 21 heavy (non-hydrogen) atoms. The van der Waals surface area contributed by atoms with Gasteiger partial charge in [0.1, 0.15) is 18.1 Å². The Morgan fingerprint density at radius 3 is 2.33 bits per heavy atom. The predicted octanol–water partition coefficient (Wildman–Crippen LogP) is 3.96. The average Bonchev–Trinajstić information content (AvgIpc) is 2.52. The van der Waals surface area contributed by atoms with Gasteiger partial charge in [0.2, 0.25) is 0 Å². The lowest BCUT2D eigenvalue weighted by atomic mass is 10.2. The minimum absolute atomic E-state index is 0.0689. The molecule has 0 atom stereocenters. The van der Waals surface area contributed by atoms with Crippen molar-refractivity contribution in [2.75, 3.05) is 6.61 Å². The molecule has 0 bridgehead atoms. The number of nitrogens with zero attached hydrogens (tertiary/aromatic N) is 1. The molecule has 110 valence electrons. The Hall–Kier alpha value is -2.56. The van der Waals surface area contributed by atoms with Crippen molar-refractivity contribution in [3.05, 3.63) is 64.2 Å². The molecule has 0 amide bonds. The second kappa shape index (κ2) is 7.28. The minimum atomic E-state index is -0.413. The summed E-state index contributed by atoms with van der Waals surface area (Å²) in [6.07, 6.45) is 0.963. The highest BCUT2D eigenvalue weighted by Crippen LogP contribution is 2.20.